The number of piperazine rings is 1. The first-order chi connectivity index (χ1) is 15.2. The van der Waals surface area contributed by atoms with Crippen LogP contribution in [0.5, 0.6) is 0 Å². The van der Waals surface area contributed by atoms with Crippen LogP contribution in [-0.4, -0.2) is 77.7 Å². The molecule has 0 radical (unpaired) electrons. The lowest BCUT2D eigenvalue weighted by molar-refractivity contribution is 0.169. The van der Waals surface area contributed by atoms with Gasteiger partial charge in [-0.15, -0.1) is 0 Å². The zero-order valence-electron chi connectivity index (χ0n) is 18.9. The van der Waals surface area contributed by atoms with Crippen molar-refractivity contribution in [3.63, 3.8) is 0 Å². The summed E-state index contributed by atoms with van der Waals surface area (Å²) < 4.78 is 4.96. The summed E-state index contributed by atoms with van der Waals surface area (Å²) in [6, 6.07) is 13.4. The van der Waals surface area contributed by atoms with E-state index in [2.05, 4.69) is 69.4 Å². The second kappa shape index (κ2) is 10.8. The van der Waals surface area contributed by atoms with Gasteiger partial charge in [0.05, 0.1) is 5.69 Å². The summed E-state index contributed by atoms with van der Waals surface area (Å²) in [7, 11) is 0. The maximum absolute atomic E-state index is 5.05. The van der Waals surface area contributed by atoms with Crippen molar-refractivity contribution in [2.75, 3.05) is 45.8 Å². The normalized spacial score (nSPS) is 23.4. The molecule has 0 spiro atoms. The lowest BCUT2D eigenvalue weighted by Crippen LogP contribution is -2.52. The molecule has 2 aromatic rings. The van der Waals surface area contributed by atoms with Gasteiger partial charge >= 0.3 is 0 Å². The van der Waals surface area contributed by atoms with Gasteiger partial charge in [-0.25, -0.2) is 0 Å². The third kappa shape index (κ3) is 6.08. The predicted octanol–water partition coefficient (Wildman–Crippen LogP) is 2.67. The molecule has 2 atom stereocenters. The van der Waals surface area contributed by atoms with Crippen molar-refractivity contribution in [2.45, 2.75) is 39.4 Å². The van der Waals surface area contributed by atoms with Crippen molar-refractivity contribution in [3.05, 3.63) is 53.9 Å². The lowest BCUT2D eigenvalue weighted by Gasteiger charge is -2.36. The Morgan fingerprint density at radius 2 is 1.94 bits per heavy atom. The first kappa shape index (κ1) is 21.8. The molecule has 0 bridgehead atoms. The van der Waals surface area contributed by atoms with Crippen LogP contribution in [0.3, 0.4) is 0 Å². The number of likely N-dealkylation sites (tertiary alicyclic amines) is 1. The van der Waals surface area contributed by atoms with Crippen molar-refractivity contribution < 1.29 is 4.52 Å². The second-order valence-corrected chi connectivity index (χ2v) is 8.81. The monoisotopic (exact) mass is 424 g/mol. The van der Waals surface area contributed by atoms with Crippen molar-refractivity contribution in [2.24, 2.45) is 10.9 Å². The molecule has 0 amide bonds. The van der Waals surface area contributed by atoms with Crippen LogP contribution in [0.15, 0.2) is 52.2 Å². The highest BCUT2D eigenvalue weighted by molar-refractivity contribution is 5.80. The molecule has 31 heavy (non-hydrogen) atoms. The molecule has 2 saturated heterocycles. The number of rotatable bonds is 7. The number of benzene rings is 1. The van der Waals surface area contributed by atoms with E-state index in [-0.39, 0.29) is 0 Å². The van der Waals surface area contributed by atoms with E-state index in [1.54, 1.807) is 6.26 Å². The fourth-order valence-corrected chi connectivity index (χ4v) is 4.70. The molecule has 1 N–H and O–H groups in total. The maximum Gasteiger partial charge on any atom is 0.194 e. The summed E-state index contributed by atoms with van der Waals surface area (Å²) in [5, 5.41) is 7.55. The molecule has 2 aliphatic rings. The summed E-state index contributed by atoms with van der Waals surface area (Å²) in [6.07, 6.45) is 2.87. The summed E-state index contributed by atoms with van der Waals surface area (Å²) in [5.41, 5.74) is 2.40. The Balaban J connectivity index is 1.28. The molecular formula is C24H36N6O. The standard InChI is InChI=1S/C24H36N6O/c1-3-25-24(29-12-10-28(11-13-29)19-23-9-14-31-27-23)26-16-22-15-20(2)30(18-22)17-21-7-5-4-6-8-21/h4-9,14,20,22H,3,10-13,15-19H2,1-2H3,(H,25,26). The Morgan fingerprint density at radius 1 is 1.13 bits per heavy atom. The quantitative estimate of drug-likeness (QED) is 0.545. The SMILES string of the molecule is CCNC(=NCC1CC(C)N(Cc2ccccc2)C1)N1CCN(Cc2ccon2)CC1. The topological polar surface area (TPSA) is 60.1 Å². The van der Waals surface area contributed by atoms with E-state index in [0.29, 0.717) is 12.0 Å². The smallest absolute Gasteiger partial charge is 0.194 e. The minimum absolute atomic E-state index is 0.614. The van der Waals surface area contributed by atoms with Crippen molar-refractivity contribution >= 4 is 5.96 Å². The van der Waals surface area contributed by atoms with E-state index in [1.807, 2.05) is 6.07 Å². The van der Waals surface area contributed by atoms with Gasteiger partial charge in [0, 0.05) is 71.0 Å². The predicted molar refractivity (Wildman–Crippen MR) is 124 cm³/mol. The molecule has 2 fully saturated rings. The molecule has 0 saturated carbocycles. The highest BCUT2D eigenvalue weighted by Gasteiger charge is 2.29. The van der Waals surface area contributed by atoms with Gasteiger partial charge in [0.25, 0.3) is 0 Å². The van der Waals surface area contributed by atoms with Gasteiger partial charge in [-0.2, -0.15) is 0 Å². The Bertz CT molecular complexity index is 801. The Morgan fingerprint density at radius 3 is 2.65 bits per heavy atom. The van der Waals surface area contributed by atoms with Crippen LogP contribution < -0.4 is 5.32 Å². The zero-order valence-corrected chi connectivity index (χ0v) is 18.9. The van der Waals surface area contributed by atoms with Gasteiger partial charge in [-0.1, -0.05) is 35.5 Å². The number of hydrogen-bond acceptors (Lipinski definition) is 5. The van der Waals surface area contributed by atoms with E-state index >= 15 is 0 Å². The van der Waals surface area contributed by atoms with Crippen LogP contribution in [0.25, 0.3) is 0 Å². The van der Waals surface area contributed by atoms with Crippen LogP contribution in [-0.2, 0) is 13.1 Å². The molecule has 168 valence electrons. The third-order valence-corrected chi connectivity index (χ3v) is 6.40. The molecule has 1 aromatic heterocycles. The molecule has 2 aliphatic heterocycles. The molecule has 7 heteroatoms. The molecule has 0 aliphatic carbocycles. The molecule has 2 unspecified atom stereocenters. The van der Waals surface area contributed by atoms with E-state index in [0.717, 1.165) is 70.6 Å². The average Bonchev–Trinajstić information content (AvgIpc) is 3.42. The van der Waals surface area contributed by atoms with Gasteiger partial charge in [0.15, 0.2) is 5.96 Å². The van der Waals surface area contributed by atoms with Gasteiger partial charge < -0.3 is 14.7 Å². The number of guanidine groups is 1. The summed E-state index contributed by atoms with van der Waals surface area (Å²) in [4.78, 5) is 12.5. The van der Waals surface area contributed by atoms with Crippen molar-refractivity contribution in [3.8, 4) is 0 Å². The lowest BCUT2D eigenvalue weighted by atomic mass is 10.1. The fraction of sp³-hybridized carbons (Fsp3) is 0.583. The Hall–Kier alpha value is -2.38. The van der Waals surface area contributed by atoms with Gasteiger partial charge in [0.2, 0.25) is 0 Å². The Kier molecular flexibility index (Phi) is 7.59. The van der Waals surface area contributed by atoms with E-state index in [1.165, 1.54) is 12.0 Å². The molecule has 4 rings (SSSR count). The zero-order chi connectivity index (χ0) is 21.5. The van der Waals surface area contributed by atoms with Crippen molar-refractivity contribution in [1.29, 1.82) is 0 Å². The van der Waals surface area contributed by atoms with Crippen LogP contribution in [0.1, 0.15) is 31.5 Å². The molecule has 7 nitrogen and oxygen atoms in total. The highest BCUT2D eigenvalue weighted by atomic mass is 16.5. The maximum atomic E-state index is 5.05. The number of nitrogens with one attached hydrogen (secondary N) is 1. The minimum Gasteiger partial charge on any atom is -0.364 e. The largest absolute Gasteiger partial charge is 0.364 e. The van der Waals surface area contributed by atoms with Gasteiger partial charge in [0.1, 0.15) is 6.26 Å². The fourth-order valence-electron chi connectivity index (χ4n) is 4.70. The van der Waals surface area contributed by atoms with Crippen LogP contribution in [0, 0.1) is 5.92 Å². The minimum atomic E-state index is 0.614. The number of aliphatic imine (C=N–C) groups is 1. The molecular weight excluding hydrogens is 388 g/mol. The Labute approximate surface area is 186 Å². The van der Waals surface area contributed by atoms with Gasteiger partial charge in [-0.05, 0) is 31.7 Å². The molecule has 3 heterocycles. The number of nitrogens with zero attached hydrogens (tertiary/aromatic N) is 5. The third-order valence-electron chi connectivity index (χ3n) is 6.40. The highest BCUT2D eigenvalue weighted by Crippen LogP contribution is 2.25. The van der Waals surface area contributed by atoms with Crippen LogP contribution >= 0.6 is 0 Å². The van der Waals surface area contributed by atoms with E-state index in [9.17, 15) is 0 Å². The van der Waals surface area contributed by atoms with E-state index < -0.39 is 0 Å². The average molecular weight is 425 g/mol. The second-order valence-electron chi connectivity index (χ2n) is 8.81. The number of aromatic nitrogens is 1. The summed E-state index contributed by atoms with van der Waals surface area (Å²) in [5.74, 6) is 1.69. The summed E-state index contributed by atoms with van der Waals surface area (Å²) >= 11 is 0. The van der Waals surface area contributed by atoms with Gasteiger partial charge in [-0.3, -0.25) is 14.8 Å². The van der Waals surface area contributed by atoms with Crippen molar-refractivity contribution in [1.82, 2.24) is 25.2 Å². The molecule has 1 aromatic carbocycles. The number of hydrogen-bond donors (Lipinski definition) is 1. The summed E-state index contributed by atoms with van der Waals surface area (Å²) in [6.45, 7) is 13.3. The first-order valence-electron chi connectivity index (χ1n) is 11.6. The van der Waals surface area contributed by atoms with E-state index in [4.69, 9.17) is 9.52 Å². The first-order valence-corrected chi connectivity index (χ1v) is 11.6. The van der Waals surface area contributed by atoms with Crippen LogP contribution in [0.2, 0.25) is 0 Å². The van der Waals surface area contributed by atoms with Crippen LogP contribution in [0.4, 0.5) is 0 Å².